The van der Waals surface area contributed by atoms with Gasteiger partial charge in [0.25, 0.3) is 5.91 Å². The summed E-state index contributed by atoms with van der Waals surface area (Å²) in [6.45, 7) is 0. The molecule has 98 valence electrons. The molecule has 0 fully saturated rings. The lowest BCUT2D eigenvalue weighted by Crippen LogP contribution is -2.13. The van der Waals surface area contributed by atoms with Gasteiger partial charge in [0.2, 0.25) is 0 Å². The molecule has 0 radical (unpaired) electrons. The zero-order valence-corrected chi connectivity index (χ0v) is 11.1. The van der Waals surface area contributed by atoms with Crippen LogP contribution in [0.4, 0.5) is 15.8 Å². The largest absolute Gasteiger partial charge is 0.396 e. The molecule has 0 unspecified atom stereocenters. The van der Waals surface area contributed by atoms with E-state index >= 15 is 0 Å². The number of para-hydroxylation sites is 1. The SMILES string of the molecule is CSc1ccccc1NC(=O)c1ccc(F)c(N)c1. The molecule has 0 aliphatic heterocycles. The highest BCUT2D eigenvalue weighted by Crippen LogP contribution is 2.25. The number of benzene rings is 2. The molecule has 2 rings (SSSR count). The summed E-state index contributed by atoms with van der Waals surface area (Å²) in [5, 5.41) is 2.79. The van der Waals surface area contributed by atoms with E-state index in [4.69, 9.17) is 5.73 Å². The van der Waals surface area contributed by atoms with E-state index in [2.05, 4.69) is 5.32 Å². The van der Waals surface area contributed by atoms with Gasteiger partial charge < -0.3 is 11.1 Å². The van der Waals surface area contributed by atoms with Crippen molar-refractivity contribution in [2.45, 2.75) is 4.90 Å². The number of carbonyl (C=O) groups excluding carboxylic acids is 1. The maximum absolute atomic E-state index is 13.0. The highest BCUT2D eigenvalue weighted by atomic mass is 32.2. The number of halogens is 1. The number of nitrogen functional groups attached to an aromatic ring is 1. The normalized spacial score (nSPS) is 10.2. The number of carbonyl (C=O) groups is 1. The van der Waals surface area contributed by atoms with E-state index in [1.165, 1.54) is 30.0 Å². The van der Waals surface area contributed by atoms with Gasteiger partial charge in [-0.1, -0.05) is 12.1 Å². The van der Waals surface area contributed by atoms with Crippen LogP contribution in [0.1, 0.15) is 10.4 Å². The minimum atomic E-state index is -0.527. The van der Waals surface area contributed by atoms with Crippen molar-refractivity contribution in [3.8, 4) is 0 Å². The second kappa shape index (κ2) is 5.75. The Morgan fingerprint density at radius 2 is 2.00 bits per heavy atom. The van der Waals surface area contributed by atoms with Crippen molar-refractivity contribution in [3.63, 3.8) is 0 Å². The van der Waals surface area contributed by atoms with Gasteiger partial charge in [0, 0.05) is 10.5 Å². The van der Waals surface area contributed by atoms with E-state index in [0.29, 0.717) is 5.56 Å². The van der Waals surface area contributed by atoms with Crippen LogP contribution in [0.25, 0.3) is 0 Å². The van der Waals surface area contributed by atoms with Crippen LogP contribution in [0.15, 0.2) is 47.4 Å². The monoisotopic (exact) mass is 276 g/mol. The second-order valence-electron chi connectivity index (χ2n) is 3.89. The molecule has 0 heterocycles. The predicted molar refractivity (Wildman–Crippen MR) is 77.0 cm³/mol. The van der Waals surface area contributed by atoms with Gasteiger partial charge in [-0.25, -0.2) is 4.39 Å². The third kappa shape index (κ3) is 3.06. The van der Waals surface area contributed by atoms with Crippen molar-refractivity contribution >= 4 is 29.0 Å². The summed E-state index contributed by atoms with van der Waals surface area (Å²) < 4.78 is 13.0. The predicted octanol–water partition coefficient (Wildman–Crippen LogP) is 3.38. The van der Waals surface area contributed by atoms with Gasteiger partial charge >= 0.3 is 0 Å². The smallest absolute Gasteiger partial charge is 0.255 e. The summed E-state index contributed by atoms with van der Waals surface area (Å²) in [6.07, 6.45) is 1.93. The number of hydrogen-bond donors (Lipinski definition) is 2. The standard InChI is InChI=1S/C14H13FN2OS/c1-19-13-5-3-2-4-12(13)17-14(18)9-6-7-10(15)11(16)8-9/h2-8H,16H2,1H3,(H,17,18). The van der Waals surface area contributed by atoms with Crippen molar-refractivity contribution in [2.75, 3.05) is 17.3 Å². The van der Waals surface area contributed by atoms with Gasteiger partial charge in [0.1, 0.15) is 5.82 Å². The minimum Gasteiger partial charge on any atom is -0.396 e. The fourth-order valence-corrected chi connectivity index (χ4v) is 2.18. The first kappa shape index (κ1) is 13.4. The number of thioether (sulfide) groups is 1. The van der Waals surface area contributed by atoms with E-state index < -0.39 is 5.82 Å². The molecule has 0 bridgehead atoms. The van der Waals surface area contributed by atoms with E-state index in [9.17, 15) is 9.18 Å². The summed E-state index contributed by atoms with van der Waals surface area (Å²) in [6, 6.07) is 11.4. The molecule has 19 heavy (non-hydrogen) atoms. The third-order valence-corrected chi connectivity index (χ3v) is 3.41. The van der Waals surface area contributed by atoms with Gasteiger partial charge in [-0.05, 0) is 36.6 Å². The molecule has 3 N–H and O–H groups in total. The molecule has 2 aromatic carbocycles. The molecule has 0 aliphatic carbocycles. The Morgan fingerprint density at radius 3 is 2.68 bits per heavy atom. The molecule has 0 spiro atoms. The van der Waals surface area contributed by atoms with Gasteiger partial charge in [0.05, 0.1) is 11.4 Å². The van der Waals surface area contributed by atoms with Crippen LogP contribution >= 0.6 is 11.8 Å². The van der Waals surface area contributed by atoms with Crippen molar-refractivity contribution in [2.24, 2.45) is 0 Å². The Hall–Kier alpha value is -2.01. The van der Waals surface area contributed by atoms with Crippen molar-refractivity contribution in [1.29, 1.82) is 0 Å². The number of hydrogen-bond acceptors (Lipinski definition) is 3. The summed E-state index contributed by atoms with van der Waals surface area (Å²) in [5.74, 6) is -0.839. The lowest BCUT2D eigenvalue weighted by atomic mass is 10.2. The molecule has 1 amide bonds. The molecule has 5 heteroatoms. The zero-order valence-electron chi connectivity index (χ0n) is 10.3. The Morgan fingerprint density at radius 1 is 1.26 bits per heavy atom. The number of rotatable bonds is 3. The first-order valence-electron chi connectivity index (χ1n) is 5.61. The minimum absolute atomic E-state index is 0.0363. The molecule has 3 nitrogen and oxygen atoms in total. The van der Waals surface area contributed by atoms with Crippen LogP contribution in [0, 0.1) is 5.82 Å². The van der Waals surface area contributed by atoms with Crippen LogP contribution in [0.3, 0.4) is 0 Å². The average Bonchev–Trinajstić information content (AvgIpc) is 2.42. The van der Waals surface area contributed by atoms with Crippen LogP contribution in [-0.2, 0) is 0 Å². The first-order valence-corrected chi connectivity index (χ1v) is 6.83. The Bertz CT molecular complexity index is 616. The molecule has 0 atom stereocenters. The average molecular weight is 276 g/mol. The van der Waals surface area contributed by atoms with E-state index in [0.717, 1.165) is 10.6 Å². The lowest BCUT2D eigenvalue weighted by Gasteiger charge is -2.09. The number of nitrogens with one attached hydrogen (secondary N) is 1. The summed E-state index contributed by atoms with van der Waals surface area (Å²) >= 11 is 1.54. The molecule has 0 saturated heterocycles. The number of amides is 1. The Kier molecular flexibility index (Phi) is 4.06. The zero-order chi connectivity index (χ0) is 13.8. The Labute approximate surface area is 115 Å². The van der Waals surface area contributed by atoms with Crippen molar-refractivity contribution < 1.29 is 9.18 Å². The van der Waals surface area contributed by atoms with Crippen molar-refractivity contribution in [1.82, 2.24) is 0 Å². The maximum Gasteiger partial charge on any atom is 0.255 e. The highest BCUT2D eigenvalue weighted by Gasteiger charge is 2.10. The molecule has 0 aliphatic rings. The lowest BCUT2D eigenvalue weighted by molar-refractivity contribution is 0.102. The van der Waals surface area contributed by atoms with Gasteiger partial charge in [-0.3, -0.25) is 4.79 Å². The Balaban J connectivity index is 2.23. The van der Waals surface area contributed by atoms with Crippen molar-refractivity contribution in [3.05, 3.63) is 53.8 Å². The van der Waals surface area contributed by atoms with Crippen LogP contribution in [-0.4, -0.2) is 12.2 Å². The number of anilines is 2. The quantitative estimate of drug-likeness (QED) is 0.667. The van der Waals surface area contributed by atoms with Gasteiger partial charge in [0.15, 0.2) is 0 Å². The topological polar surface area (TPSA) is 55.1 Å². The summed E-state index contributed by atoms with van der Waals surface area (Å²) in [5.41, 5.74) is 6.47. The van der Waals surface area contributed by atoms with E-state index in [-0.39, 0.29) is 11.6 Å². The van der Waals surface area contributed by atoms with Gasteiger partial charge in [-0.2, -0.15) is 0 Å². The fraction of sp³-hybridized carbons (Fsp3) is 0.0714. The van der Waals surface area contributed by atoms with E-state index in [1.807, 2.05) is 30.5 Å². The molecule has 2 aromatic rings. The maximum atomic E-state index is 13.0. The molecular formula is C14H13FN2OS. The van der Waals surface area contributed by atoms with Crippen LogP contribution in [0.2, 0.25) is 0 Å². The van der Waals surface area contributed by atoms with Crippen LogP contribution in [0.5, 0.6) is 0 Å². The summed E-state index contributed by atoms with van der Waals surface area (Å²) in [7, 11) is 0. The molecular weight excluding hydrogens is 263 g/mol. The van der Waals surface area contributed by atoms with Crippen LogP contribution < -0.4 is 11.1 Å². The highest BCUT2D eigenvalue weighted by molar-refractivity contribution is 7.98. The number of nitrogens with two attached hydrogens (primary N) is 1. The summed E-state index contributed by atoms with van der Waals surface area (Å²) in [4.78, 5) is 13.0. The third-order valence-electron chi connectivity index (χ3n) is 2.61. The van der Waals surface area contributed by atoms with E-state index in [1.54, 1.807) is 0 Å². The first-order chi connectivity index (χ1) is 9.11. The second-order valence-corrected chi connectivity index (χ2v) is 4.74. The fourth-order valence-electron chi connectivity index (χ4n) is 1.63. The van der Waals surface area contributed by atoms with Gasteiger partial charge in [-0.15, -0.1) is 11.8 Å². The molecule has 0 saturated carbocycles. The molecule has 0 aromatic heterocycles.